The van der Waals surface area contributed by atoms with Crippen LogP contribution >= 0.6 is 11.3 Å². The van der Waals surface area contributed by atoms with Crippen LogP contribution in [0.25, 0.3) is 16.0 Å². The monoisotopic (exact) mass is 236 g/mol. The molecule has 2 N–H and O–H groups in total. The molecule has 2 heterocycles. The first kappa shape index (κ1) is 10.9. The number of thiophene rings is 1. The molecule has 0 radical (unpaired) electrons. The quantitative estimate of drug-likeness (QED) is 0.787. The molecule has 5 heteroatoms. The second kappa shape index (κ2) is 3.75. The lowest BCUT2D eigenvalue weighted by Gasteiger charge is -1.98. The Morgan fingerprint density at radius 2 is 2.31 bits per heavy atom. The van der Waals surface area contributed by atoms with Crippen molar-refractivity contribution in [1.82, 2.24) is 9.97 Å². The molecule has 0 aromatic carbocycles. The number of fused-ring (bicyclic) bond motifs is 1. The zero-order valence-corrected chi connectivity index (χ0v) is 9.94. The van der Waals surface area contributed by atoms with Crippen molar-refractivity contribution >= 4 is 27.3 Å². The number of aromatic nitrogens is 2. The molecule has 0 bridgehead atoms. The van der Waals surface area contributed by atoms with E-state index in [1.54, 1.807) is 0 Å². The van der Waals surface area contributed by atoms with Crippen LogP contribution in [-0.2, 0) is 6.42 Å². The van der Waals surface area contributed by atoms with Gasteiger partial charge in [-0.15, -0.1) is 11.3 Å². The minimum atomic E-state index is -0.219. The van der Waals surface area contributed by atoms with Gasteiger partial charge >= 0.3 is 0 Å². The van der Waals surface area contributed by atoms with E-state index in [-0.39, 0.29) is 17.1 Å². The third-order valence-corrected chi connectivity index (χ3v) is 3.53. The highest BCUT2D eigenvalue weighted by molar-refractivity contribution is 7.18. The minimum absolute atomic E-state index is 0.140. The highest BCUT2D eigenvalue weighted by Gasteiger charge is 2.14. The number of H-pyrrole nitrogens is 1. The maximum Gasteiger partial charge on any atom is 0.260 e. The zero-order chi connectivity index (χ0) is 11.9. The number of hydrogen-bond acceptors (Lipinski definition) is 4. The largest absolute Gasteiger partial charge is 0.505 e. The van der Waals surface area contributed by atoms with E-state index in [0.717, 1.165) is 16.9 Å². The first-order valence-electron chi connectivity index (χ1n) is 4.95. The summed E-state index contributed by atoms with van der Waals surface area (Å²) < 4.78 is 0. The number of nitrogens with one attached hydrogen (secondary N) is 1. The van der Waals surface area contributed by atoms with Gasteiger partial charge in [-0.05, 0) is 18.9 Å². The Bertz CT molecular complexity index is 625. The Morgan fingerprint density at radius 1 is 1.62 bits per heavy atom. The summed E-state index contributed by atoms with van der Waals surface area (Å²) in [5.41, 5.74) is 0.820. The lowest BCUT2D eigenvalue weighted by Crippen LogP contribution is -2.11. The van der Waals surface area contributed by atoms with Crippen LogP contribution in [0.1, 0.15) is 23.2 Å². The van der Waals surface area contributed by atoms with Gasteiger partial charge in [0.2, 0.25) is 0 Å². The number of aromatic amines is 1. The van der Waals surface area contributed by atoms with Gasteiger partial charge in [-0.3, -0.25) is 4.79 Å². The van der Waals surface area contributed by atoms with E-state index in [1.165, 1.54) is 11.3 Å². The van der Waals surface area contributed by atoms with Crippen molar-refractivity contribution in [3.8, 4) is 0 Å². The van der Waals surface area contributed by atoms with Crippen LogP contribution in [0.3, 0.4) is 0 Å². The summed E-state index contributed by atoms with van der Waals surface area (Å²) >= 11 is 1.47. The summed E-state index contributed by atoms with van der Waals surface area (Å²) in [6.45, 7) is 7.33. The standard InChI is InChI=1S/C11H12N2O2S/c1-4-7-6(3)16-11-8(7)10(15)12-9(13-11)5(2)14/h14H,2,4H2,1,3H3,(H,12,13,15). The number of aryl methyl sites for hydroxylation is 2. The van der Waals surface area contributed by atoms with Crippen molar-refractivity contribution in [1.29, 1.82) is 0 Å². The van der Waals surface area contributed by atoms with Crippen molar-refractivity contribution in [2.75, 3.05) is 0 Å². The van der Waals surface area contributed by atoms with E-state index in [0.29, 0.717) is 10.2 Å². The van der Waals surface area contributed by atoms with E-state index in [1.807, 2.05) is 13.8 Å². The highest BCUT2D eigenvalue weighted by Crippen LogP contribution is 2.27. The molecule has 0 amide bonds. The lowest BCUT2D eigenvalue weighted by molar-refractivity contribution is 0.507. The van der Waals surface area contributed by atoms with Crippen molar-refractivity contribution in [2.24, 2.45) is 0 Å². The molecule has 0 saturated heterocycles. The summed E-state index contributed by atoms with van der Waals surface area (Å²) in [4.78, 5) is 20.3. The third kappa shape index (κ3) is 1.53. The third-order valence-electron chi connectivity index (χ3n) is 2.49. The fourth-order valence-electron chi connectivity index (χ4n) is 1.74. The van der Waals surface area contributed by atoms with E-state index in [2.05, 4.69) is 16.5 Å². The van der Waals surface area contributed by atoms with Crippen LogP contribution < -0.4 is 5.56 Å². The van der Waals surface area contributed by atoms with E-state index >= 15 is 0 Å². The summed E-state index contributed by atoms with van der Waals surface area (Å²) in [6, 6.07) is 0. The second-order valence-electron chi connectivity index (χ2n) is 3.53. The topological polar surface area (TPSA) is 66.0 Å². The Morgan fingerprint density at radius 3 is 2.88 bits per heavy atom. The predicted molar refractivity (Wildman–Crippen MR) is 66.0 cm³/mol. The van der Waals surface area contributed by atoms with Gasteiger partial charge in [-0.1, -0.05) is 13.5 Å². The SMILES string of the molecule is C=C(O)c1nc2sc(C)c(CC)c2c(=O)[nH]1. The number of rotatable bonds is 2. The van der Waals surface area contributed by atoms with Crippen molar-refractivity contribution < 1.29 is 5.11 Å². The Balaban J connectivity index is 2.87. The normalized spacial score (nSPS) is 10.9. The molecular weight excluding hydrogens is 224 g/mol. The molecule has 0 fully saturated rings. The summed E-state index contributed by atoms with van der Waals surface area (Å²) in [5, 5.41) is 9.85. The fraction of sp³-hybridized carbons (Fsp3) is 0.273. The van der Waals surface area contributed by atoms with Gasteiger partial charge in [0.05, 0.1) is 5.39 Å². The molecule has 2 aromatic heterocycles. The van der Waals surface area contributed by atoms with Crippen molar-refractivity contribution in [3.63, 3.8) is 0 Å². The first-order chi connectivity index (χ1) is 7.54. The summed E-state index contributed by atoms with van der Waals surface area (Å²) in [7, 11) is 0. The predicted octanol–water partition coefficient (Wildman–Crippen LogP) is 2.38. The van der Waals surface area contributed by atoms with Gasteiger partial charge in [0.15, 0.2) is 11.6 Å². The van der Waals surface area contributed by atoms with Gasteiger partial charge in [0.25, 0.3) is 5.56 Å². The highest BCUT2D eigenvalue weighted by atomic mass is 32.1. The number of aliphatic hydroxyl groups excluding tert-OH is 1. The smallest absolute Gasteiger partial charge is 0.260 e. The fourth-order valence-corrected chi connectivity index (χ4v) is 2.85. The van der Waals surface area contributed by atoms with Crippen molar-refractivity contribution in [3.05, 3.63) is 33.2 Å². The molecule has 0 aliphatic rings. The maximum atomic E-state index is 11.9. The molecule has 0 saturated carbocycles. The van der Waals surface area contributed by atoms with Crippen LogP contribution in [0.5, 0.6) is 0 Å². The van der Waals surface area contributed by atoms with Crippen molar-refractivity contribution in [2.45, 2.75) is 20.3 Å². The molecule has 16 heavy (non-hydrogen) atoms. The number of hydrogen-bond donors (Lipinski definition) is 2. The molecule has 84 valence electrons. The number of aliphatic hydroxyl groups is 1. The molecule has 0 unspecified atom stereocenters. The maximum absolute atomic E-state index is 11.9. The molecule has 2 aromatic rings. The Hall–Kier alpha value is -1.62. The van der Waals surface area contributed by atoms with Gasteiger partial charge < -0.3 is 10.1 Å². The van der Waals surface area contributed by atoms with Gasteiger partial charge in [-0.2, -0.15) is 0 Å². The Kier molecular flexibility index (Phi) is 2.55. The van der Waals surface area contributed by atoms with Crippen LogP contribution in [0.4, 0.5) is 0 Å². The molecule has 2 rings (SSSR count). The van der Waals surface area contributed by atoms with E-state index in [9.17, 15) is 9.90 Å². The van der Waals surface area contributed by atoms with Crippen LogP contribution in [0.15, 0.2) is 11.4 Å². The Labute approximate surface area is 96.3 Å². The average molecular weight is 236 g/mol. The van der Waals surface area contributed by atoms with E-state index in [4.69, 9.17) is 0 Å². The first-order valence-corrected chi connectivity index (χ1v) is 5.76. The van der Waals surface area contributed by atoms with Crippen LogP contribution in [0, 0.1) is 6.92 Å². The summed E-state index contributed by atoms with van der Waals surface area (Å²) in [6.07, 6.45) is 0.802. The number of nitrogens with zero attached hydrogens (tertiary/aromatic N) is 1. The molecule has 0 aliphatic carbocycles. The van der Waals surface area contributed by atoms with Gasteiger partial charge in [-0.25, -0.2) is 4.98 Å². The van der Waals surface area contributed by atoms with Gasteiger partial charge in [0, 0.05) is 4.88 Å². The molecule has 0 spiro atoms. The lowest BCUT2D eigenvalue weighted by atomic mass is 10.1. The zero-order valence-electron chi connectivity index (χ0n) is 9.13. The summed E-state index contributed by atoms with van der Waals surface area (Å²) in [5.74, 6) is -0.0792. The van der Waals surface area contributed by atoms with Crippen LogP contribution in [-0.4, -0.2) is 15.1 Å². The second-order valence-corrected chi connectivity index (χ2v) is 4.73. The van der Waals surface area contributed by atoms with Crippen LogP contribution in [0.2, 0.25) is 0 Å². The molecule has 4 nitrogen and oxygen atoms in total. The van der Waals surface area contributed by atoms with E-state index < -0.39 is 0 Å². The molecular formula is C11H12N2O2S. The van der Waals surface area contributed by atoms with Gasteiger partial charge in [0.1, 0.15) is 4.83 Å². The molecule has 0 aliphatic heterocycles. The average Bonchev–Trinajstić information content (AvgIpc) is 2.53. The minimum Gasteiger partial charge on any atom is -0.505 e. The molecule has 0 atom stereocenters.